The van der Waals surface area contributed by atoms with Gasteiger partial charge in [0.05, 0.1) is 31.0 Å². The summed E-state index contributed by atoms with van der Waals surface area (Å²) in [6, 6.07) is 0. The van der Waals surface area contributed by atoms with Crippen LogP contribution in [0.3, 0.4) is 0 Å². The van der Waals surface area contributed by atoms with Gasteiger partial charge >= 0.3 is 0 Å². The smallest absolute Gasteiger partial charge is 0.109 e. The van der Waals surface area contributed by atoms with Crippen LogP contribution in [0, 0.1) is 5.92 Å². The Morgan fingerprint density at radius 1 is 1.00 bits per heavy atom. The van der Waals surface area contributed by atoms with Crippen LogP contribution >= 0.6 is 0 Å². The summed E-state index contributed by atoms with van der Waals surface area (Å²) in [5, 5.41) is 20.4. The van der Waals surface area contributed by atoms with Crippen LogP contribution in [0.4, 0.5) is 0 Å². The summed E-state index contributed by atoms with van der Waals surface area (Å²) in [5.41, 5.74) is 0. The molecule has 5 nitrogen and oxygen atoms in total. The molecule has 114 valence electrons. The lowest BCUT2D eigenvalue weighted by Crippen LogP contribution is -2.57. The Kier molecular flexibility index (Phi) is 6.69. The molecule has 0 spiro atoms. The van der Waals surface area contributed by atoms with Crippen molar-refractivity contribution in [2.45, 2.75) is 70.7 Å². The Morgan fingerprint density at radius 3 is 2.05 bits per heavy atom. The van der Waals surface area contributed by atoms with E-state index in [1.165, 1.54) is 0 Å². The molecular weight excluding hydrogens is 248 g/mol. The number of methoxy groups -OCH3 is 1. The van der Waals surface area contributed by atoms with Gasteiger partial charge in [-0.2, -0.15) is 0 Å². The first kappa shape index (κ1) is 16.9. The van der Waals surface area contributed by atoms with Gasteiger partial charge in [0.25, 0.3) is 0 Å². The van der Waals surface area contributed by atoms with E-state index in [1.807, 2.05) is 27.7 Å². The van der Waals surface area contributed by atoms with Crippen molar-refractivity contribution < 1.29 is 24.4 Å². The second-order valence-corrected chi connectivity index (χ2v) is 5.81. The van der Waals surface area contributed by atoms with E-state index in [1.54, 1.807) is 7.11 Å². The van der Waals surface area contributed by atoms with Crippen LogP contribution in [0.25, 0.3) is 0 Å². The zero-order valence-corrected chi connectivity index (χ0v) is 12.6. The fourth-order valence-corrected chi connectivity index (χ4v) is 2.63. The van der Waals surface area contributed by atoms with E-state index < -0.39 is 18.3 Å². The minimum Gasteiger partial charge on any atom is -0.388 e. The third-order valence-electron chi connectivity index (χ3n) is 3.32. The first-order valence-corrected chi connectivity index (χ1v) is 7.02. The first-order valence-electron chi connectivity index (χ1n) is 7.02. The van der Waals surface area contributed by atoms with Gasteiger partial charge in [-0.3, -0.25) is 0 Å². The molecule has 5 heteroatoms. The zero-order chi connectivity index (χ0) is 14.6. The van der Waals surface area contributed by atoms with Crippen molar-refractivity contribution in [1.82, 2.24) is 0 Å². The molecule has 0 saturated heterocycles. The molecule has 0 radical (unpaired) electrons. The Bertz CT molecular complexity index is 256. The molecule has 0 aromatic heterocycles. The van der Waals surface area contributed by atoms with Crippen molar-refractivity contribution >= 4 is 0 Å². The van der Waals surface area contributed by atoms with Gasteiger partial charge in [-0.05, 0) is 34.1 Å². The molecule has 0 heterocycles. The highest BCUT2D eigenvalue weighted by molar-refractivity contribution is 4.94. The van der Waals surface area contributed by atoms with Crippen molar-refractivity contribution in [1.29, 1.82) is 0 Å². The van der Waals surface area contributed by atoms with Gasteiger partial charge in [-0.15, -0.1) is 0 Å². The second-order valence-electron chi connectivity index (χ2n) is 5.81. The molecule has 0 aromatic carbocycles. The van der Waals surface area contributed by atoms with E-state index in [0.717, 1.165) is 0 Å². The summed E-state index contributed by atoms with van der Waals surface area (Å²) in [7, 11) is 1.63. The molecule has 0 aromatic rings. The minimum absolute atomic E-state index is 0.00577. The molecule has 1 fully saturated rings. The van der Waals surface area contributed by atoms with Gasteiger partial charge in [0.15, 0.2) is 0 Å². The number of aliphatic hydroxyl groups excluding tert-OH is 2. The predicted octanol–water partition coefficient (Wildman–Crippen LogP) is 0.962. The summed E-state index contributed by atoms with van der Waals surface area (Å²) in [5.74, 6) is 0.0227. The third-order valence-corrected chi connectivity index (χ3v) is 3.32. The maximum absolute atomic E-state index is 10.3. The molecule has 1 aliphatic rings. The minimum atomic E-state index is -0.944. The monoisotopic (exact) mass is 276 g/mol. The van der Waals surface area contributed by atoms with Gasteiger partial charge in [-0.1, -0.05) is 0 Å². The van der Waals surface area contributed by atoms with E-state index in [9.17, 15) is 10.2 Å². The van der Waals surface area contributed by atoms with Crippen molar-refractivity contribution in [3.63, 3.8) is 0 Å². The highest BCUT2D eigenvalue weighted by Gasteiger charge is 2.45. The van der Waals surface area contributed by atoms with E-state index in [4.69, 9.17) is 14.2 Å². The molecule has 1 saturated carbocycles. The molecule has 0 amide bonds. The van der Waals surface area contributed by atoms with Gasteiger partial charge in [0.1, 0.15) is 12.2 Å². The number of aliphatic hydroxyl groups is 2. The quantitative estimate of drug-likeness (QED) is 0.756. The molecule has 1 rings (SSSR count). The average molecular weight is 276 g/mol. The molecule has 0 unspecified atom stereocenters. The summed E-state index contributed by atoms with van der Waals surface area (Å²) >= 11 is 0. The molecule has 0 aliphatic heterocycles. The van der Waals surface area contributed by atoms with Crippen molar-refractivity contribution in [2.24, 2.45) is 5.92 Å². The number of hydrogen-bond donors (Lipinski definition) is 2. The topological polar surface area (TPSA) is 68.2 Å². The van der Waals surface area contributed by atoms with Crippen LogP contribution < -0.4 is 0 Å². The van der Waals surface area contributed by atoms with Gasteiger partial charge < -0.3 is 24.4 Å². The maximum atomic E-state index is 10.3. The molecule has 19 heavy (non-hydrogen) atoms. The van der Waals surface area contributed by atoms with Crippen molar-refractivity contribution in [3.05, 3.63) is 0 Å². The van der Waals surface area contributed by atoms with E-state index in [0.29, 0.717) is 13.0 Å². The van der Waals surface area contributed by atoms with Gasteiger partial charge in [0, 0.05) is 13.0 Å². The Labute approximate surface area is 115 Å². The molecular formula is C14H28O5. The van der Waals surface area contributed by atoms with Gasteiger partial charge in [-0.25, -0.2) is 0 Å². The highest BCUT2D eigenvalue weighted by atomic mass is 16.5. The van der Waals surface area contributed by atoms with Crippen molar-refractivity contribution in [2.75, 3.05) is 13.7 Å². The largest absolute Gasteiger partial charge is 0.388 e. The maximum Gasteiger partial charge on any atom is 0.109 e. The van der Waals surface area contributed by atoms with Gasteiger partial charge in [0.2, 0.25) is 0 Å². The van der Waals surface area contributed by atoms with Crippen LogP contribution in [0.15, 0.2) is 0 Å². The number of rotatable bonds is 6. The highest BCUT2D eigenvalue weighted by Crippen LogP contribution is 2.31. The molecule has 1 aliphatic carbocycles. The Balaban J connectivity index is 2.77. The van der Waals surface area contributed by atoms with E-state index >= 15 is 0 Å². The Morgan fingerprint density at radius 2 is 1.58 bits per heavy atom. The number of ether oxygens (including phenoxy) is 3. The van der Waals surface area contributed by atoms with E-state index in [2.05, 4.69) is 0 Å². The fourth-order valence-electron chi connectivity index (χ4n) is 2.63. The third kappa shape index (κ3) is 4.68. The van der Waals surface area contributed by atoms with Crippen LogP contribution in [0.5, 0.6) is 0 Å². The lowest BCUT2D eigenvalue weighted by molar-refractivity contribution is -0.208. The fraction of sp³-hybridized carbons (Fsp3) is 1.00. The van der Waals surface area contributed by atoms with Crippen LogP contribution in [-0.2, 0) is 14.2 Å². The normalized spacial score (nSPS) is 36.2. The lowest BCUT2D eigenvalue weighted by atomic mass is 9.80. The lowest BCUT2D eigenvalue weighted by Gasteiger charge is -2.43. The van der Waals surface area contributed by atoms with Crippen LogP contribution in [-0.4, -0.2) is 60.6 Å². The predicted molar refractivity (Wildman–Crippen MR) is 72.0 cm³/mol. The number of hydrogen-bond acceptors (Lipinski definition) is 5. The molecule has 5 atom stereocenters. The van der Waals surface area contributed by atoms with E-state index in [-0.39, 0.29) is 24.2 Å². The summed E-state index contributed by atoms with van der Waals surface area (Å²) in [4.78, 5) is 0. The van der Waals surface area contributed by atoms with Crippen LogP contribution in [0.1, 0.15) is 34.1 Å². The summed E-state index contributed by atoms with van der Waals surface area (Å²) in [6.45, 7) is 8.15. The first-order chi connectivity index (χ1) is 8.86. The summed E-state index contributed by atoms with van der Waals surface area (Å²) < 4.78 is 16.6. The Hall–Kier alpha value is -0.200. The second kappa shape index (κ2) is 7.55. The average Bonchev–Trinajstić information content (AvgIpc) is 2.30. The standard InChI is InChI=1S/C14H28O5/c1-8(2)18-11-6-10(7-17-5)14(19-9(3)4)13(16)12(11)15/h8-16H,6-7H2,1-5H3/t10-,11-,12+,13-,14-/m1/s1. The molecule has 2 N–H and O–H groups in total. The molecule has 0 bridgehead atoms. The summed E-state index contributed by atoms with van der Waals surface area (Å²) in [6.07, 6.45) is -2.02. The van der Waals surface area contributed by atoms with Crippen molar-refractivity contribution in [3.8, 4) is 0 Å². The zero-order valence-electron chi connectivity index (χ0n) is 12.6. The van der Waals surface area contributed by atoms with Crippen LogP contribution in [0.2, 0.25) is 0 Å². The SMILES string of the molecule is COC[C@H]1C[C@@H](OC(C)C)[C@H](O)[C@@H](O)[C@@H]1OC(C)C.